The zero-order valence-corrected chi connectivity index (χ0v) is 23.4. The van der Waals surface area contributed by atoms with Gasteiger partial charge in [-0.15, -0.1) is 10.2 Å². The summed E-state index contributed by atoms with van der Waals surface area (Å²) in [5.74, 6) is 0.583. The molecule has 1 aromatic heterocycles. The van der Waals surface area contributed by atoms with Crippen LogP contribution in [0, 0.1) is 11.2 Å². The van der Waals surface area contributed by atoms with Crippen molar-refractivity contribution in [3.63, 3.8) is 0 Å². The molecule has 41 heavy (non-hydrogen) atoms. The molecule has 0 atom stereocenters. The van der Waals surface area contributed by atoms with Gasteiger partial charge in [0, 0.05) is 50.1 Å². The number of fused-ring (bicyclic) bond motifs is 3. The highest BCUT2D eigenvalue weighted by atomic mass is 35.5. The molecule has 1 spiro atoms. The minimum Gasteiger partial charge on any atom is -0.368 e. The second-order valence-electron chi connectivity index (χ2n) is 12.3. The van der Waals surface area contributed by atoms with Crippen LogP contribution in [-0.4, -0.2) is 63.2 Å². The van der Waals surface area contributed by atoms with E-state index in [1.54, 1.807) is 23.9 Å². The molecule has 0 radical (unpaired) electrons. The number of amides is 1. The molecule has 2 aliphatic carbocycles. The number of carbonyl (C=O) groups is 1. The van der Waals surface area contributed by atoms with Crippen LogP contribution in [0.25, 0.3) is 5.69 Å². The zero-order valence-electron chi connectivity index (χ0n) is 22.7. The van der Waals surface area contributed by atoms with Gasteiger partial charge in [-0.05, 0) is 61.6 Å². The fourth-order valence-electron chi connectivity index (χ4n) is 7.14. The van der Waals surface area contributed by atoms with Crippen molar-refractivity contribution < 1.29 is 22.4 Å². The first-order valence-electron chi connectivity index (χ1n) is 13.7. The van der Waals surface area contributed by atoms with Gasteiger partial charge in [0.05, 0.1) is 23.5 Å². The summed E-state index contributed by atoms with van der Waals surface area (Å²) in [5, 5.41) is 9.81. The first-order chi connectivity index (χ1) is 19.4. The third-order valence-corrected chi connectivity index (χ3v) is 9.50. The lowest BCUT2D eigenvalue weighted by atomic mass is 9.57. The molecule has 216 valence electrons. The fourth-order valence-corrected chi connectivity index (χ4v) is 7.33. The first kappa shape index (κ1) is 26.7. The molecule has 0 N–H and O–H groups in total. The molecule has 2 aliphatic heterocycles. The predicted molar refractivity (Wildman–Crippen MR) is 144 cm³/mol. The van der Waals surface area contributed by atoms with Crippen molar-refractivity contribution in [3.8, 4) is 5.69 Å². The SMILES string of the molecule is CN(C)C(=O)C1(N2Cc3cc(Cl)ccc3-n3c(nnc3C3CC4(C3)CN(c3cccc(C(F)(F)F)c3F)C4)C2)CC1. The van der Waals surface area contributed by atoms with Crippen LogP contribution in [-0.2, 0) is 24.1 Å². The third kappa shape index (κ3) is 4.14. The molecule has 12 heteroatoms. The monoisotopic (exact) mass is 588 g/mol. The van der Waals surface area contributed by atoms with E-state index in [9.17, 15) is 22.4 Å². The number of rotatable bonds is 4. The van der Waals surface area contributed by atoms with Crippen LogP contribution < -0.4 is 4.90 Å². The van der Waals surface area contributed by atoms with Crippen LogP contribution >= 0.6 is 11.6 Å². The average molecular weight is 589 g/mol. The highest BCUT2D eigenvalue weighted by Gasteiger charge is 2.57. The smallest absolute Gasteiger partial charge is 0.368 e. The van der Waals surface area contributed by atoms with Crippen molar-refractivity contribution in [2.75, 3.05) is 32.1 Å². The minimum absolute atomic E-state index is 0.00239. The molecule has 2 saturated carbocycles. The van der Waals surface area contributed by atoms with Gasteiger partial charge in [-0.2, -0.15) is 13.2 Å². The summed E-state index contributed by atoms with van der Waals surface area (Å²) in [7, 11) is 3.56. The number of alkyl halides is 3. The van der Waals surface area contributed by atoms with E-state index in [1.165, 1.54) is 12.1 Å². The number of carbonyl (C=O) groups excluding carboxylic acids is 1. The Morgan fingerprint density at radius 3 is 2.44 bits per heavy atom. The van der Waals surface area contributed by atoms with Crippen LogP contribution in [0.15, 0.2) is 36.4 Å². The molecule has 7 rings (SSSR count). The fraction of sp³-hybridized carbons (Fsp3) is 0.483. The highest BCUT2D eigenvalue weighted by molar-refractivity contribution is 6.30. The van der Waals surface area contributed by atoms with Gasteiger partial charge >= 0.3 is 6.18 Å². The number of likely N-dealkylation sites (N-methyl/N-ethyl adjacent to an activating group) is 1. The Labute approximate surface area is 239 Å². The largest absolute Gasteiger partial charge is 0.419 e. The summed E-state index contributed by atoms with van der Waals surface area (Å²) in [6, 6.07) is 9.20. The summed E-state index contributed by atoms with van der Waals surface area (Å²) in [6.45, 7) is 2.03. The van der Waals surface area contributed by atoms with E-state index in [1.807, 2.05) is 18.2 Å². The van der Waals surface area contributed by atoms with Crippen molar-refractivity contribution in [1.82, 2.24) is 24.6 Å². The molecular formula is C29H29ClF4N6O. The summed E-state index contributed by atoms with van der Waals surface area (Å²) in [4.78, 5) is 18.7. The Bertz CT molecular complexity index is 1550. The summed E-state index contributed by atoms with van der Waals surface area (Å²) < 4.78 is 56.4. The number of halogens is 5. The van der Waals surface area contributed by atoms with Gasteiger partial charge < -0.3 is 9.80 Å². The Morgan fingerprint density at radius 2 is 1.78 bits per heavy atom. The number of hydrogen-bond donors (Lipinski definition) is 0. The number of benzene rings is 2. The Kier molecular flexibility index (Phi) is 5.80. The van der Waals surface area contributed by atoms with Crippen molar-refractivity contribution in [2.45, 2.75) is 56.4 Å². The van der Waals surface area contributed by atoms with E-state index >= 15 is 0 Å². The van der Waals surface area contributed by atoms with E-state index in [-0.39, 0.29) is 22.9 Å². The molecule has 3 aromatic rings. The van der Waals surface area contributed by atoms with Gasteiger partial charge in [-0.1, -0.05) is 17.7 Å². The molecule has 3 fully saturated rings. The molecule has 0 bridgehead atoms. The van der Waals surface area contributed by atoms with E-state index in [2.05, 4.69) is 19.7 Å². The van der Waals surface area contributed by atoms with Gasteiger partial charge in [0.15, 0.2) is 11.6 Å². The minimum atomic E-state index is -4.73. The lowest BCUT2D eigenvalue weighted by Crippen LogP contribution is -2.62. The number of nitrogens with zero attached hydrogens (tertiary/aromatic N) is 6. The molecule has 1 amide bonds. The molecule has 2 aromatic carbocycles. The molecule has 4 aliphatic rings. The second-order valence-corrected chi connectivity index (χ2v) is 12.7. The van der Waals surface area contributed by atoms with Crippen molar-refractivity contribution >= 4 is 23.2 Å². The second kappa shape index (κ2) is 8.91. The van der Waals surface area contributed by atoms with Crippen molar-refractivity contribution in [1.29, 1.82) is 0 Å². The number of anilines is 1. The van der Waals surface area contributed by atoms with Gasteiger partial charge in [0.2, 0.25) is 5.91 Å². The average Bonchev–Trinajstić information content (AvgIpc) is 3.60. The van der Waals surface area contributed by atoms with Gasteiger partial charge in [0.25, 0.3) is 0 Å². The topological polar surface area (TPSA) is 57.5 Å². The number of aromatic nitrogens is 3. The Balaban J connectivity index is 1.13. The van der Waals surface area contributed by atoms with E-state index < -0.39 is 23.1 Å². The summed E-state index contributed by atoms with van der Waals surface area (Å²) >= 11 is 6.41. The van der Waals surface area contributed by atoms with E-state index in [0.717, 1.165) is 54.6 Å². The quantitative estimate of drug-likeness (QED) is 0.382. The Hall–Kier alpha value is -3.18. The molecule has 0 unspecified atom stereocenters. The number of hydrogen-bond acceptors (Lipinski definition) is 5. The normalized spacial score (nSPS) is 21.0. The molecule has 1 saturated heterocycles. The molecule has 7 nitrogen and oxygen atoms in total. The van der Waals surface area contributed by atoms with Crippen LogP contribution in [0.5, 0.6) is 0 Å². The van der Waals surface area contributed by atoms with Crippen molar-refractivity contribution in [3.05, 3.63) is 70.0 Å². The first-order valence-corrected chi connectivity index (χ1v) is 14.1. The predicted octanol–water partition coefficient (Wildman–Crippen LogP) is 5.40. The van der Waals surface area contributed by atoms with Gasteiger partial charge in [-0.25, -0.2) is 4.39 Å². The Morgan fingerprint density at radius 1 is 1.05 bits per heavy atom. The standard InChI is InChI=1S/C29H29ClF4N6O/c1-37(2)26(41)28(8-9-28)39-13-17-10-19(30)6-7-21(17)40-23(14-39)35-36-25(40)18-11-27(12-18)15-38(16-27)22-5-3-4-20(24(22)31)29(32,33)34/h3-7,10,18H,8-9,11-16H2,1-2H3. The van der Waals surface area contributed by atoms with Crippen LogP contribution in [0.4, 0.5) is 23.2 Å². The van der Waals surface area contributed by atoms with E-state index in [4.69, 9.17) is 11.6 Å². The molecule has 3 heterocycles. The third-order valence-electron chi connectivity index (χ3n) is 9.27. The van der Waals surface area contributed by atoms with Crippen LogP contribution in [0.2, 0.25) is 5.02 Å². The summed E-state index contributed by atoms with van der Waals surface area (Å²) in [5.41, 5.74) is 0.0623. The van der Waals surface area contributed by atoms with Crippen LogP contribution in [0.1, 0.15) is 54.4 Å². The van der Waals surface area contributed by atoms with Crippen LogP contribution in [0.3, 0.4) is 0 Å². The van der Waals surface area contributed by atoms with E-state index in [0.29, 0.717) is 31.2 Å². The maximum absolute atomic E-state index is 14.7. The van der Waals surface area contributed by atoms with Gasteiger partial charge in [0.1, 0.15) is 11.4 Å². The maximum Gasteiger partial charge on any atom is 0.419 e. The lowest BCUT2D eigenvalue weighted by molar-refractivity contribution is -0.140. The zero-order chi connectivity index (χ0) is 28.9. The van der Waals surface area contributed by atoms with Gasteiger partial charge in [-0.3, -0.25) is 14.3 Å². The van der Waals surface area contributed by atoms with Crippen molar-refractivity contribution in [2.24, 2.45) is 5.41 Å². The lowest BCUT2D eigenvalue weighted by Gasteiger charge is -2.59. The molecular weight excluding hydrogens is 560 g/mol. The summed E-state index contributed by atoms with van der Waals surface area (Å²) in [6.07, 6.45) is -1.58. The highest BCUT2D eigenvalue weighted by Crippen LogP contribution is 2.57. The maximum atomic E-state index is 14.7.